The van der Waals surface area contributed by atoms with Crippen LogP contribution in [0.3, 0.4) is 0 Å². The van der Waals surface area contributed by atoms with Gasteiger partial charge in [0.1, 0.15) is 0 Å². The summed E-state index contributed by atoms with van der Waals surface area (Å²) in [5.74, 6) is 0. The number of benzene rings is 7. The van der Waals surface area contributed by atoms with E-state index < -0.39 is 0 Å². The molecule has 0 saturated carbocycles. The third-order valence-corrected chi connectivity index (χ3v) is 9.72. The first-order chi connectivity index (χ1) is 24.3. The van der Waals surface area contributed by atoms with Gasteiger partial charge in [0, 0.05) is 17.1 Å². The molecule has 232 valence electrons. The molecule has 0 radical (unpaired) electrons. The highest BCUT2D eigenvalue weighted by Crippen LogP contribution is 2.38. The number of aliphatic imine (C=N–C) groups is 1. The van der Waals surface area contributed by atoms with E-state index in [4.69, 9.17) is 4.99 Å². The fraction of sp³-hybridized carbons (Fsp3) is 0.0426. The molecule has 0 bridgehead atoms. The first-order valence-electron chi connectivity index (χ1n) is 17.0. The van der Waals surface area contributed by atoms with Gasteiger partial charge in [-0.2, -0.15) is 0 Å². The quantitative estimate of drug-likeness (QED) is 0.179. The molecule has 7 aromatic carbocycles. The van der Waals surface area contributed by atoms with E-state index in [1.165, 1.54) is 49.4 Å². The van der Waals surface area contributed by atoms with E-state index in [1.54, 1.807) is 0 Å². The molecule has 1 aliphatic heterocycles. The van der Waals surface area contributed by atoms with E-state index >= 15 is 0 Å². The largest absolute Gasteiger partial charge is 0.310 e. The van der Waals surface area contributed by atoms with Crippen LogP contribution in [0.1, 0.15) is 17.5 Å². The standard InChI is InChI=1S/C47H34N2/c1-2-14-41(15-3-1)49(43-29-24-34-11-5-7-13-39(34)31-43)42-27-25-37(26-28-42)47-32-45(44-16-8-9-17-46(44)48-47)36-21-18-35(19-22-36)40-23-20-33-10-4-6-12-38(33)30-40/h1-16,18-32,46H,17H2. The lowest BCUT2D eigenvalue weighted by molar-refractivity contribution is 0.795. The molecule has 0 amide bonds. The number of rotatable bonds is 6. The van der Waals surface area contributed by atoms with Crippen LogP contribution in [0.2, 0.25) is 0 Å². The Kier molecular flexibility index (Phi) is 7.33. The smallest absolute Gasteiger partial charge is 0.0796 e. The van der Waals surface area contributed by atoms with Crippen molar-refractivity contribution in [3.05, 3.63) is 205 Å². The summed E-state index contributed by atoms with van der Waals surface area (Å²) in [5, 5.41) is 4.99. The van der Waals surface area contributed by atoms with Gasteiger partial charge in [0.25, 0.3) is 0 Å². The third kappa shape index (κ3) is 5.58. The van der Waals surface area contributed by atoms with Crippen LogP contribution in [0, 0.1) is 0 Å². The van der Waals surface area contributed by atoms with Crippen LogP contribution in [0.25, 0.3) is 38.2 Å². The van der Waals surface area contributed by atoms with Crippen molar-refractivity contribution >= 4 is 49.9 Å². The number of allylic oxidation sites excluding steroid dienone is 3. The number of anilines is 3. The normalized spacial score (nSPS) is 15.3. The summed E-state index contributed by atoms with van der Waals surface area (Å²) in [4.78, 5) is 7.60. The Bertz CT molecular complexity index is 2450. The van der Waals surface area contributed by atoms with Crippen LogP contribution in [0.5, 0.6) is 0 Å². The van der Waals surface area contributed by atoms with E-state index in [2.05, 4.69) is 193 Å². The molecule has 2 heteroatoms. The first-order valence-corrected chi connectivity index (χ1v) is 17.0. The molecule has 0 aromatic heterocycles. The second-order valence-corrected chi connectivity index (χ2v) is 12.8. The molecule has 0 N–H and O–H groups in total. The number of hydrogen-bond acceptors (Lipinski definition) is 2. The Morgan fingerprint density at radius 1 is 0.469 bits per heavy atom. The topological polar surface area (TPSA) is 15.6 Å². The van der Waals surface area contributed by atoms with Crippen LogP contribution >= 0.6 is 0 Å². The van der Waals surface area contributed by atoms with Crippen molar-refractivity contribution < 1.29 is 0 Å². The van der Waals surface area contributed by atoms with E-state index in [1.807, 2.05) is 0 Å². The maximum Gasteiger partial charge on any atom is 0.0796 e. The van der Waals surface area contributed by atoms with Gasteiger partial charge in [-0.25, -0.2) is 0 Å². The zero-order chi connectivity index (χ0) is 32.6. The molecule has 1 heterocycles. The van der Waals surface area contributed by atoms with Crippen LogP contribution in [0.15, 0.2) is 199 Å². The van der Waals surface area contributed by atoms with Crippen molar-refractivity contribution in [2.75, 3.05) is 4.90 Å². The second-order valence-electron chi connectivity index (χ2n) is 12.8. The van der Waals surface area contributed by atoms with Gasteiger partial charge in [-0.1, -0.05) is 140 Å². The molecule has 0 fully saturated rings. The van der Waals surface area contributed by atoms with Crippen molar-refractivity contribution in [3.8, 4) is 11.1 Å². The molecule has 9 rings (SSSR count). The predicted molar refractivity (Wildman–Crippen MR) is 208 cm³/mol. The van der Waals surface area contributed by atoms with Gasteiger partial charge in [-0.3, -0.25) is 4.99 Å². The molecule has 49 heavy (non-hydrogen) atoms. The highest BCUT2D eigenvalue weighted by atomic mass is 15.1. The maximum absolute atomic E-state index is 5.28. The SMILES string of the molecule is C1=CCC2N=C(c3ccc(N(c4ccccc4)c4ccc5ccccc5c4)cc3)C=C(c3ccc(-c4ccc5ccccc5c4)cc3)C2=C1. The Morgan fingerprint density at radius 2 is 1.04 bits per heavy atom. The summed E-state index contributed by atoms with van der Waals surface area (Å²) >= 11 is 0. The molecular weight excluding hydrogens is 593 g/mol. The lowest BCUT2D eigenvalue weighted by Crippen LogP contribution is -2.19. The van der Waals surface area contributed by atoms with Gasteiger partial charge in [0.2, 0.25) is 0 Å². The second kappa shape index (κ2) is 12.4. The van der Waals surface area contributed by atoms with E-state index in [0.717, 1.165) is 34.8 Å². The van der Waals surface area contributed by atoms with Gasteiger partial charge in [-0.05, 0) is 110 Å². The molecule has 0 saturated heterocycles. The average molecular weight is 627 g/mol. The number of hydrogen-bond donors (Lipinski definition) is 0. The van der Waals surface area contributed by atoms with Crippen LogP contribution in [-0.4, -0.2) is 11.8 Å². The zero-order valence-electron chi connectivity index (χ0n) is 27.1. The monoisotopic (exact) mass is 626 g/mol. The van der Waals surface area contributed by atoms with Gasteiger partial charge in [0.05, 0.1) is 11.8 Å². The fourth-order valence-electron chi connectivity index (χ4n) is 7.17. The van der Waals surface area contributed by atoms with E-state index in [0.29, 0.717) is 0 Å². The van der Waals surface area contributed by atoms with Crippen molar-refractivity contribution in [1.82, 2.24) is 0 Å². The number of nitrogens with zero attached hydrogens (tertiary/aromatic N) is 2. The summed E-state index contributed by atoms with van der Waals surface area (Å²) < 4.78 is 0. The van der Waals surface area contributed by atoms with Crippen LogP contribution in [-0.2, 0) is 0 Å². The van der Waals surface area contributed by atoms with Crippen LogP contribution in [0.4, 0.5) is 17.1 Å². The van der Waals surface area contributed by atoms with Crippen molar-refractivity contribution in [2.45, 2.75) is 12.5 Å². The van der Waals surface area contributed by atoms with Crippen molar-refractivity contribution in [2.24, 2.45) is 4.99 Å². The molecule has 2 nitrogen and oxygen atoms in total. The lowest BCUT2D eigenvalue weighted by Gasteiger charge is -2.27. The predicted octanol–water partition coefficient (Wildman–Crippen LogP) is 12.3. The lowest BCUT2D eigenvalue weighted by atomic mass is 9.84. The average Bonchev–Trinajstić information content (AvgIpc) is 3.18. The summed E-state index contributed by atoms with van der Waals surface area (Å²) in [7, 11) is 0. The summed E-state index contributed by atoms with van der Waals surface area (Å²) in [6, 6.07) is 59.1. The molecule has 1 atom stereocenters. The molecule has 0 spiro atoms. The van der Waals surface area contributed by atoms with Crippen molar-refractivity contribution in [1.29, 1.82) is 0 Å². The molecule has 2 aliphatic rings. The first kappa shape index (κ1) is 28.9. The van der Waals surface area contributed by atoms with Gasteiger partial charge in [-0.15, -0.1) is 0 Å². The van der Waals surface area contributed by atoms with E-state index in [-0.39, 0.29) is 6.04 Å². The Labute approximate surface area is 287 Å². The summed E-state index contributed by atoms with van der Waals surface area (Å²) in [6.07, 6.45) is 9.82. The molecule has 1 aliphatic carbocycles. The summed E-state index contributed by atoms with van der Waals surface area (Å²) in [5.41, 5.74) is 11.7. The zero-order valence-corrected chi connectivity index (χ0v) is 27.1. The Balaban J connectivity index is 1.06. The molecule has 7 aromatic rings. The minimum atomic E-state index is 0.109. The van der Waals surface area contributed by atoms with Gasteiger partial charge < -0.3 is 4.90 Å². The van der Waals surface area contributed by atoms with E-state index in [9.17, 15) is 0 Å². The van der Waals surface area contributed by atoms with Crippen molar-refractivity contribution in [3.63, 3.8) is 0 Å². The fourth-order valence-corrected chi connectivity index (χ4v) is 7.17. The number of fused-ring (bicyclic) bond motifs is 3. The Morgan fingerprint density at radius 3 is 1.80 bits per heavy atom. The minimum Gasteiger partial charge on any atom is -0.310 e. The Hall–Kier alpha value is -6.25. The highest BCUT2D eigenvalue weighted by Gasteiger charge is 2.25. The minimum absolute atomic E-state index is 0.109. The maximum atomic E-state index is 5.28. The molecule has 1 unspecified atom stereocenters. The summed E-state index contributed by atoms with van der Waals surface area (Å²) in [6.45, 7) is 0. The third-order valence-electron chi connectivity index (χ3n) is 9.72. The highest BCUT2D eigenvalue weighted by molar-refractivity contribution is 6.15. The molecular formula is C47H34N2. The number of para-hydroxylation sites is 1. The van der Waals surface area contributed by atoms with Crippen LogP contribution < -0.4 is 4.90 Å². The van der Waals surface area contributed by atoms with Gasteiger partial charge >= 0.3 is 0 Å². The number of dihydropyridines is 1. The van der Waals surface area contributed by atoms with Gasteiger partial charge in [0.15, 0.2) is 0 Å².